The summed E-state index contributed by atoms with van der Waals surface area (Å²) in [5.74, 6) is 0.0213. The molecule has 8 heteroatoms. The Morgan fingerprint density at radius 3 is 2.36 bits per heavy atom. The Bertz CT molecular complexity index is 628. The molecule has 3 rings (SSSR count). The number of carbonyl (C=O) groups is 2. The maximum absolute atomic E-state index is 12.6. The smallest absolute Gasteiger partial charge is 0.255 e. The van der Waals surface area contributed by atoms with Crippen molar-refractivity contribution in [2.45, 2.75) is 25.3 Å². The Morgan fingerprint density at radius 1 is 1.04 bits per heavy atom. The molecule has 2 heterocycles. The second kappa shape index (κ2) is 9.08. The third-order valence-electron chi connectivity index (χ3n) is 4.67. The van der Waals surface area contributed by atoms with E-state index in [0.29, 0.717) is 36.8 Å². The van der Waals surface area contributed by atoms with Crippen LogP contribution in [0, 0.1) is 0 Å². The summed E-state index contributed by atoms with van der Waals surface area (Å²) in [5.41, 5.74) is 0.415. The van der Waals surface area contributed by atoms with Crippen LogP contribution in [0.1, 0.15) is 29.6 Å². The summed E-state index contributed by atoms with van der Waals surface area (Å²) >= 11 is 12.1. The Hall–Kier alpha value is -1.01. The molecule has 1 unspecified atom stereocenters. The third-order valence-corrected chi connectivity index (χ3v) is 5.49. The third kappa shape index (κ3) is 4.59. The minimum Gasteiger partial charge on any atom is -0.338 e. The van der Waals surface area contributed by atoms with E-state index in [9.17, 15) is 9.59 Å². The second-order valence-electron chi connectivity index (χ2n) is 6.22. The minimum absolute atomic E-state index is 0. The summed E-state index contributed by atoms with van der Waals surface area (Å²) in [4.78, 5) is 28.7. The molecule has 0 spiro atoms. The zero-order valence-corrected chi connectivity index (χ0v) is 16.2. The maximum Gasteiger partial charge on any atom is 0.255 e. The number of piperidine rings is 1. The van der Waals surface area contributed by atoms with Crippen LogP contribution in [0.15, 0.2) is 18.2 Å². The van der Waals surface area contributed by atoms with Gasteiger partial charge in [-0.15, -0.1) is 12.4 Å². The molecule has 0 bridgehead atoms. The van der Waals surface area contributed by atoms with Gasteiger partial charge in [0.05, 0.1) is 21.7 Å². The molecule has 1 aromatic rings. The lowest BCUT2D eigenvalue weighted by atomic mass is 10.0. The molecule has 2 fully saturated rings. The van der Waals surface area contributed by atoms with Crippen molar-refractivity contribution in [1.82, 2.24) is 15.1 Å². The van der Waals surface area contributed by atoms with Gasteiger partial charge in [-0.1, -0.05) is 35.7 Å². The molecule has 2 amide bonds. The Morgan fingerprint density at radius 2 is 1.72 bits per heavy atom. The van der Waals surface area contributed by atoms with Crippen molar-refractivity contribution in [3.63, 3.8) is 0 Å². The average Bonchev–Trinajstić information content (AvgIpc) is 2.64. The Kier molecular flexibility index (Phi) is 7.37. The molecule has 0 radical (unpaired) electrons. The van der Waals surface area contributed by atoms with Crippen molar-refractivity contribution in [3.8, 4) is 0 Å². The lowest BCUT2D eigenvalue weighted by Crippen LogP contribution is -2.55. The lowest BCUT2D eigenvalue weighted by Gasteiger charge is -2.37. The van der Waals surface area contributed by atoms with Crippen LogP contribution in [-0.2, 0) is 4.79 Å². The Balaban J connectivity index is 0.00000225. The molecule has 2 saturated heterocycles. The van der Waals surface area contributed by atoms with Gasteiger partial charge in [0, 0.05) is 26.2 Å². The van der Waals surface area contributed by atoms with Gasteiger partial charge in [-0.05, 0) is 31.5 Å². The van der Waals surface area contributed by atoms with Crippen molar-refractivity contribution in [2.24, 2.45) is 0 Å². The van der Waals surface area contributed by atoms with Gasteiger partial charge in [0.1, 0.15) is 0 Å². The first-order chi connectivity index (χ1) is 11.6. The summed E-state index contributed by atoms with van der Waals surface area (Å²) in [6.07, 6.45) is 3.12. The van der Waals surface area contributed by atoms with Gasteiger partial charge in [-0.25, -0.2) is 0 Å². The normalized spacial score (nSPS) is 20.8. The molecule has 5 nitrogen and oxygen atoms in total. The number of benzene rings is 1. The van der Waals surface area contributed by atoms with Crippen LogP contribution in [0.4, 0.5) is 0 Å². The van der Waals surface area contributed by atoms with E-state index in [2.05, 4.69) is 5.32 Å². The molecule has 0 aromatic heterocycles. The van der Waals surface area contributed by atoms with E-state index in [1.165, 1.54) is 0 Å². The van der Waals surface area contributed by atoms with Crippen molar-refractivity contribution >= 4 is 47.4 Å². The molecule has 1 N–H and O–H groups in total. The van der Waals surface area contributed by atoms with Crippen LogP contribution in [0.5, 0.6) is 0 Å². The number of amides is 2. The van der Waals surface area contributed by atoms with E-state index in [1.54, 1.807) is 23.1 Å². The highest BCUT2D eigenvalue weighted by Gasteiger charge is 2.30. The molecule has 1 aromatic carbocycles. The zero-order chi connectivity index (χ0) is 17.1. The van der Waals surface area contributed by atoms with Crippen LogP contribution >= 0.6 is 35.6 Å². The molecule has 0 saturated carbocycles. The summed E-state index contributed by atoms with van der Waals surface area (Å²) in [5, 5.41) is 3.95. The maximum atomic E-state index is 12.6. The number of halogens is 3. The van der Waals surface area contributed by atoms with Crippen LogP contribution < -0.4 is 5.32 Å². The van der Waals surface area contributed by atoms with Gasteiger partial charge in [0.25, 0.3) is 5.91 Å². The zero-order valence-electron chi connectivity index (χ0n) is 13.8. The predicted octanol–water partition coefficient (Wildman–Crippen LogP) is 2.84. The average molecular weight is 407 g/mol. The fourth-order valence-electron chi connectivity index (χ4n) is 3.25. The van der Waals surface area contributed by atoms with Gasteiger partial charge in [-0.2, -0.15) is 0 Å². The quantitative estimate of drug-likeness (QED) is 0.821. The summed E-state index contributed by atoms with van der Waals surface area (Å²) < 4.78 is 0. The number of nitrogens with one attached hydrogen (secondary N) is 1. The number of piperazine rings is 1. The van der Waals surface area contributed by atoms with Crippen LogP contribution in [0.2, 0.25) is 10.0 Å². The molecular weight excluding hydrogens is 385 g/mol. The number of rotatable bonds is 2. The van der Waals surface area contributed by atoms with Gasteiger partial charge >= 0.3 is 0 Å². The number of nitrogens with zero attached hydrogens (tertiary/aromatic N) is 2. The molecular formula is C17H22Cl3N3O2. The van der Waals surface area contributed by atoms with Crippen LogP contribution in [0.25, 0.3) is 0 Å². The first-order valence-electron chi connectivity index (χ1n) is 8.33. The molecule has 2 aliphatic heterocycles. The van der Waals surface area contributed by atoms with E-state index in [0.717, 1.165) is 25.8 Å². The van der Waals surface area contributed by atoms with Gasteiger partial charge in [0.15, 0.2) is 0 Å². The fraction of sp³-hybridized carbons (Fsp3) is 0.529. The van der Waals surface area contributed by atoms with E-state index >= 15 is 0 Å². The topological polar surface area (TPSA) is 52.7 Å². The molecule has 25 heavy (non-hydrogen) atoms. The lowest BCUT2D eigenvalue weighted by molar-refractivity contribution is -0.135. The highest BCUT2D eigenvalue weighted by atomic mass is 35.5. The predicted molar refractivity (Wildman–Crippen MR) is 102 cm³/mol. The molecule has 1 atom stereocenters. The second-order valence-corrected chi connectivity index (χ2v) is 7.01. The number of hydrogen-bond donors (Lipinski definition) is 1. The van der Waals surface area contributed by atoms with Gasteiger partial charge < -0.3 is 15.1 Å². The van der Waals surface area contributed by atoms with Crippen molar-refractivity contribution in [2.75, 3.05) is 32.7 Å². The van der Waals surface area contributed by atoms with Crippen molar-refractivity contribution in [3.05, 3.63) is 33.8 Å². The highest BCUT2D eigenvalue weighted by molar-refractivity contribution is 6.43. The highest BCUT2D eigenvalue weighted by Crippen LogP contribution is 2.26. The summed E-state index contributed by atoms with van der Waals surface area (Å²) in [6.45, 7) is 3.05. The van der Waals surface area contributed by atoms with Crippen molar-refractivity contribution in [1.29, 1.82) is 0 Å². The van der Waals surface area contributed by atoms with Crippen LogP contribution in [-0.4, -0.2) is 60.4 Å². The molecule has 138 valence electrons. The molecule has 0 aliphatic carbocycles. The minimum atomic E-state index is -0.134. The standard InChI is InChI=1S/C17H21Cl2N3O2.ClH/c18-13-5-3-4-12(15(13)19)16(23)21-8-10-22(11-9-21)17(24)14-6-1-2-7-20-14;/h3-5,14,20H,1-2,6-11H2;1H. The largest absolute Gasteiger partial charge is 0.338 e. The van der Waals surface area contributed by atoms with Crippen molar-refractivity contribution < 1.29 is 9.59 Å². The Labute approximate surface area is 164 Å². The van der Waals surface area contributed by atoms with E-state index in [1.807, 2.05) is 4.90 Å². The first-order valence-corrected chi connectivity index (χ1v) is 9.09. The number of hydrogen-bond acceptors (Lipinski definition) is 3. The summed E-state index contributed by atoms with van der Waals surface area (Å²) in [6, 6.07) is 4.99. The van der Waals surface area contributed by atoms with E-state index in [4.69, 9.17) is 23.2 Å². The van der Waals surface area contributed by atoms with Crippen LogP contribution in [0.3, 0.4) is 0 Å². The molecule has 2 aliphatic rings. The monoisotopic (exact) mass is 405 g/mol. The fourth-order valence-corrected chi connectivity index (χ4v) is 3.63. The van der Waals surface area contributed by atoms with Gasteiger partial charge in [-0.3, -0.25) is 9.59 Å². The number of carbonyl (C=O) groups excluding carboxylic acids is 2. The van der Waals surface area contributed by atoms with E-state index < -0.39 is 0 Å². The van der Waals surface area contributed by atoms with E-state index in [-0.39, 0.29) is 35.3 Å². The SMILES string of the molecule is Cl.O=C(c1cccc(Cl)c1Cl)N1CCN(C(=O)C2CCCCN2)CC1. The summed E-state index contributed by atoms with van der Waals surface area (Å²) in [7, 11) is 0. The first kappa shape index (κ1) is 20.3. The van der Waals surface area contributed by atoms with Gasteiger partial charge in [0.2, 0.25) is 5.91 Å².